The van der Waals surface area contributed by atoms with Crippen molar-refractivity contribution in [2.24, 2.45) is 11.8 Å². The molecule has 1 aliphatic rings. The van der Waals surface area contributed by atoms with Gasteiger partial charge in [-0.2, -0.15) is 0 Å². The minimum absolute atomic E-state index is 0.135. The fourth-order valence-electron chi connectivity index (χ4n) is 5.10. The van der Waals surface area contributed by atoms with E-state index < -0.39 is 24.1 Å². The van der Waals surface area contributed by atoms with Crippen molar-refractivity contribution in [3.63, 3.8) is 0 Å². The van der Waals surface area contributed by atoms with Crippen molar-refractivity contribution in [2.75, 3.05) is 40.5 Å². The number of para-hydroxylation sites is 1. The number of carbonyl (C=O) groups excluding carboxylic acids is 2. The number of ether oxygens (including phenoxy) is 3. The lowest BCUT2D eigenvalue weighted by molar-refractivity contribution is -0.142. The van der Waals surface area contributed by atoms with Crippen LogP contribution in [0.5, 0.6) is 5.75 Å². The van der Waals surface area contributed by atoms with Gasteiger partial charge in [-0.25, -0.2) is 4.39 Å². The van der Waals surface area contributed by atoms with Crippen LogP contribution < -0.4 is 4.74 Å². The van der Waals surface area contributed by atoms with Crippen molar-refractivity contribution >= 4 is 11.8 Å². The first kappa shape index (κ1) is 31.3. The Morgan fingerprint density at radius 1 is 1.05 bits per heavy atom. The van der Waals surface area contributed by atoms with Crippen LogP contribution in [0.1, 0.15) is 56.1 Å². The molecule has 0 aliphatic carbocycles. The standard InChI is InChI=1S/C32H43FN2O5/c1-7-23(4)29-32(37)34(20-22(2)3)21-28(38-5)30(39-6)26-12-8-9-13-27(26)40-19-11-10-18-35(29)31(36)24-14-16-25(33)17-15-24/h8-17,22-23,28-30H,7,18-21H2,1-6H3/b11-10+/t23-,28-,29-,30-/m0/s1. The Morgan fingerprint density at radius 3 is 2.38 bits per heavy atom. The average molecular weight is 555 g/mol. The molecule has 0 saturated heterocycles. The third kappa shape index (κ3) is 7.70. The molecular formula is C32H43FN2O5. The molecule has 8 heteroatoms. The lowest BCUT2D eigenvalue weighted by atomic mass is 9.94. The number of amides is 2. The summed E-state index contributed by atoms with van der Waals surface area (Å²) in [6.07, 6.45) is 3.39. The maximum absolute atomic E-state index is 14.5. The highest BCUT2D eigenvalue weighted by Gasteiger charge is 2.38. The largest absolute Gasteiger partial charge is 0.489 e. The number of carbonyl (C=O) groups is 2. The number of benzene rings is 2. The molecule has 2 aromatic rings. The Bertz CT molecular complexity index is 1140. The van der Waals surface area contributed by atoms with E-state index in [2.05, 4.69) is 13.8 Å². The van der Waals surface area contributed by atoms with Gasteiger partial charge in [0.05, 0.1) is 0 Å². The molecule has 0 unspecified atom stereocenters. The minimum atomic E-state index is -0.736. The first-order valence-corrected chi connectivity index (χ1v) is 14.0. The summed E-state index contributed by atoms with van der Waals surface area (Å²) < 4.78 is 31.7. The third-order valence-corrected chi connectivity index (χ3v) is 7.35. The van der Waals surface area contributed by atoms with Crippen LogP contribution in [0.25, 0.3) is 0 Å². The Hall–Kier alpha value is -3.23. The van der Waals surface area contributed by atoms with E-state index in [-0.39, 0.29) is 43.3 Å². The van der Waals surface area contributed by atoms with Gasteiger partial charge in [0.2, 0.25) is 5.91 Å². The summed E-state index contributed by atoms with van der Waals surface area (Å²) in [6, 6.07) is 12.4. The molecule has 1 heterocycles. The van der Waals surface area contributed by atoms with Gasteiger partial charge in [0.15, 0.2) is 0 Å². The first-order chi connectivity index (χ1) is 19.2. The lowest BCUT2D eigenvalue weighted by Gasteiger charge is -2.40. The van der Waals surface area contributed by atoms with Crippen LogP contribution in [0.3, 0.4) is 0 Å². The van der Waals surface area contributed by atoms with Crippen LogP contribution in [0.4, 0.5) is 4.39 Å². The van der Waals surface area contributed by atoms with Crippen LogP contribution in [0.15, 0.2) is 60.7 Å². The number of hydrogen-bond acceptors (Lipinski definition) is 5. The molecule has 2 amide bonds. The summed E-state index contributed by atoms with van der Waals surface area (Å²) in [7, 11) is 3.23. The van der Waals surface area contributed by atoms with E-state index in [1.54, 1.807) is 24.0 Å². The molecule has 0 fully saturated rings. The zero-order valence-electron chi connectivity index (χ0n) is 24.5. The number of rotatable bonds is 7. The molecule has 4 atom stereocenters. The fraction of sp³-hybridized carbons (Fsp3) is 0.500. The van der Waals surface area contributed by atoms with Gasteiger partial charge in [-0.05, 0) is 48.2 Å². The second-order valence-electron chi connectivity index (χ2n) is 10.7. The summed E-state index contributed by atoms with van der Waals surface area (Å²) in [5.41, 5.74) is 1.16. The SMILES string of the molecule is CC[C@H](C)[C@H]1C(=O)N(CC(C)C)C[C@H](OC)[C@@H](OC)c2ccccc2OC/C=C/CN1C(=O)c1ccc(F)cc1. The summed E-state index contributed by atoms with van der Waals surface area (Å²) in [6.45, 7) is 9.32. The van der Waals surface area contributed by atoms with E-state index in [1.807, 2.05) is 50.3 Å². The molecule has 218 valence electrons. The molecule has 1 aliphatic heterocycles. The zero-order valence-corrected chi connectivity index (χ0v) is 24.5. The highest BCUT2D eigenvalue weighted by Crippen LogP contribution is 2.32. The first-order valence-electron chi connectivity index (χ1n) is 14.0. The van der Waals surface area contributed by atoms with E-state index in [0.717, 1.165) is 5.56 Å². The molecule has 0 radical (unpaired) electrons. The van der Waals surface area contributed by atoms with E-state index >= 15 is 0 Å². The van der Waals surface area contributed by atoms with Gasteiger partial charge in [-0.3, -0.25) is 9.59 Å². The van der Waals surface area contributed by atoms with Gasteiger partial charge in [0.25, 0.3) is 5.91 Å². The number of hydrogen-bond donors (Lipinski definition) is 0. The van der Waals surface area contributed by atoms with Gasteiger partial charge >= 0.3 is 0 Å². The molecule has 0 N–H and O–H groups in total. The molecular weight excluding hydrogens is 511 g/mol. The lowest BCUT2D eigenvalue weighted by Crippen LogP contribution is -2.56. The van der Waals surface area contributed by atoms with Gasteiger partial charge < -0.3 is 24.0 Å². The molecule has 0 saturated carbocycles. The smallest absolute Gasteiger partial charge is 0.254 e. The number of nitrogens with zero attached hydrogens (tertiary/aromatic N) is 2. The summed E-state index contributed by atoms with van der Waals surface area (Å²) in [4.78, 5) is 31.7. The summed E-state index contributed by atoms with van der Waals surface area (Å²) >= 11 is 0. The minimum Gasteiger partial charge on any atom is -0.489 e. The quantitative estimate of drug-likeness (QED) is 0.422. The van der Waals surface area contributed by atoms with Crippen molar-refractivity contribution in [2.45, 2.75) is 52.4 Å². The van der Waals surface area contributed by atoms with Gasteiger partial charge in [0, 0.05) is 45.0 Å². The summed E-state index contributed by atoms with van der Waals surface area (Å²) in [5, 5.41) is 0. The molecule has 7 nitrogen and oxygen atoms in total. The van der Waals surface area contributed by atoms with Crippen molar-refractivity contribution < 1.29 is 28.2 Å². The highest BCUT2D eigenvalue weighted by molar-refractivity contribution is 5.97. The maximum Gasteiger partial charge on any atom is 0.254 e. The van der Waals surface area contributed by atoms with Gasteiger partial charge in [0.1, 0.15) is 36.4 Å². The van der Waals surface area contributed by atoms with Crippen LogP contribution in [-0.2, 0) is 14.3 Å². The Morgan fingerprint density at radius 2 is 1.75 bits per heavy atom. The maximum atomic E-state index is 14.5. The van der Waals surface area contributed by atoms with E-state index in [1.165, 1.54) is 24.3 Å². The number of halogens is 1. The third-order valence-electron chi connectivity index (χ3n) is 7.35. The second-order valence-corrected chi connectivity index (χ2v) is 10.7. The molecule has 3 rings (SSSR count). The fourth-order valence-corrected chi connectivity index (χ4v) is 5.10. The zero-order chi connectivity index (χ0) is 29.2. The topological polar surface area (TPSA) is 68.3 Å². The van der Waals surface area contributed by atoms with Crippen molar-refractivity contribution in [1.82, 2.24) is 9.80 Å². The summed E-state index contributed by atoms with van der Waals surface area (Å²) in [5.74, 6) is -0.197. The van der Waals surface area contributed by atoms with Crippen LogP contribution in [0, 0.1) is 17.7 Å². The molecule has 0 spiro atoms. The monoisotopic (exact) mass is 554 g/mol. The Balaban J connectivity index is 2.14. The van der Waals surface area contributed by atoms with Crippen LogP contribution >= 0.6 is 0 Å². The van der Waals surface area contributed by atoms with Crippen LogP contribution in [0.2, 0.25) is 0 Å². The normalized spacial score (nSPS) is 22.3. The van der Waals surface area contributed by atoms with E-state index in [9.17, 15) is 14.0 Å². The van der Waals surface area contributed by atoms with Crippen molar-refractivity contribution in [1.29, 1.82) is 0 Å². The second kappa shape index (κ2) is 15.0. The van der Waals surface area contributed by atoms with E-state index in [0.29, 0.717) is 24.3 Å². The number of methoxy groups -OCH3 is 2. The Kier molecular flexibility index (Phi) is 11.7. The van der Waals surface area contributed by atoms with E-state index in [4.69, 9.17) is 14.2 Å². The predicted octanol–water partition coefficient (Wildman–Crippen LogP) is 5.52. The molecule has 2 aromatic carbocycles. The van der Waals surface area contributed by atoms with Gasteiger partial charge in [-0.1, -0.05) is 58.4 Å². The van der Waals surface area contributed by atoms with Crippen LogP contribution in [-0.4, -0.2) is 74.2 Å². The average Bonchev–Trinajstić information content (AvgIpc) is 2.95. The van der Waals surface area contributed by atoms with Gasteiger partial charge in [-0.15, -0.1) is 0 Å². The number of fused-ring (bicyclic) bond motifs is 1. The molecule has 40 heavy (non-hydrogen) atoms. The Labute approximate surface area is 237 Å². The predicted molar refractivity (Wildman–Crippen MR) is 154 cm³/mol. The molecule has 0 aromatic heterocycles. The van der Waals surface area contributed by atoms with Crippen molar-refractivity contribution in [3.05, 3.63) is 77.6 Å². The van der Waals surface area contributed by atoms with Crippen molar-refractivity contribution in [3.8, 4) is 5.75 Å². The highest BCUT2D eigenvalue weighted by atomic mass is 19.1. The molecule has 0 bridgehead atoms.